The first-order valence-electron chi connectivity index (χ1n) is 6.72. The minimum Gasteiger partial charge on any atom is -0.481 e. The second-order valence-electron chi connectivity index (χ2n) is 5.02. The topological polar surface area (TPSA) is 55.1 Å². The average molecular weight is 343 g/mol. The molecule has 2 aromatic rings. The molecule has 1 unspecified atom stereocenters. The molecule has 0 bridgehead atoms. The van der Waals surface area contributed by atoms with E-state index in [1.54, 1.807) is 0 Å². The Balaban J connectivity index is 1.98. The number of hydrogen-bond acceptors (Lipinski definition) is 4. The van der Waals surface area contributed by atoms with Crippen LogP contribution in [-0.4, -0.2) is 37.9 Å². The smallest absolute Gasteiger partial charge is 0.313 e. The molecule has 0 saturated carbocycles. The molecule has 21 heavy (non-hydrogen) atoms. The van der Waals surface area contributed by atoms with Gasteiger partial charge in [0.25, 0.3) is 0 Å². The van der Waals surface area contributed by atoms with Crippen molar-refractivity contribution in [2.45, 2.75) is 18.1 Å². The zero-order valence-corrected chi connectivity index (χ0v) is 13.7. The van der Waals surface area contributed by atoms with Crippen molar-refractivity contribution >= 4 is 52.1 Å². The van der Waals surface area contributed by atoms with Crippen LogP contribution in [0.2, 0.25) is 5.02 Å². The molecule has 1 aromatic heterocycles. The van der Waals surface area contributed by atoms with Crippen LogP contribution in [0.15, 0.2) is 23.4 Å². The second kappa shape index (κ2) is 6.50. The maximum Gasteiger partial charge on any atom is 0.313 e. The van der Waals surface area contributed by atoms with Gasteiger partial charge >= 0.3 is 5.97 Å². The van der Waals surface area contributed by atoms with E-state index in [9.17, 15) is 4.79 Å². The number of nitrogens with zero attached hydrogens (tertiary/aromatic N) is 2. The van der Waals surface area contributed by atoms with E-state index >= 15 is 0 Å². The number of fused-ring (bicyclic) bond motifs is 1. The SMILES string of the molecule is O=C(O)CSc1nc2cccc(Cl)c2n1CC1CCSC1. The first-order valence-corrected chi connectivity index (χ1v) is 9.24. The van der Waals surface area contributed by atoms with Crippen LogP contribution in [-0.2, 0) is 11.3 Å². The number of imidazole rings is 1. The van der Waals surface area contributed by atoms with Crippen molar-refractivity contribution in [2.75, 3.05) is 17.3 Å². The highest BCUT2D eigenvalue weighted by Gasteiger charge is 2.21. The molecular weight excluding hydrogens is 328 g/mol. The molecule has 7 heteroatoms. The maximum atomic E-state index is 10.8. The van der Waals surface area contributed by atoms with E-state index in [0.717, 1.165) is 28.5 Å². The maximum absolute atomic E-state index is 10.8. The lowest BCUT2D eigenvalue weighted by molar-refractivity contribution is -0.133. The van der Waals surface area contributed by atoms with E-state index in [1.807, 2.05) is 30.0 Å². The van der Waals surface area contributed by atoms with Crippen LogP contribution in [0.5, 0.6) is 0 Å². The Kier molecular flexibility index (Phi) is 4.66. The third kappa shape index (κ3) is 3.33. The van der Waals surface area contributed by atoms with Crippen molar-refractivity contribution in [1.82, 2.24) is 9.55 Å². The molecule has 2 heterocycles. The molecule has 0 radical (unpaired) electrons. The standard InChI is InChI=1S/C14H15ClN2O2S2/c15-10-2-1-3-11-13(10)17(6-9-4-5-20-7-9)14(16-11)21-8-12(18)19/h1-3,9H,4-8H2,(H,18,19). The van der Waals surface area contributed by atoms with Crippen LogP contribution >= 0.6 is 35.1 Å². The lowest BCUT2D eigenvalue weighted by Crippen LogP contribution is -2.11. The third-order valence-electron chi connectivity index (χ3n) is 3.47. The Labute approximate surface area is 136 Å². The first kappa shape index (κ1) is 15.1. The van der Waals surface area contributed by atoms with Gasteiger partial charge in [-0.3, -0.25) is 4.79 Å². The Hall–Kier alpha value is -0.850. The fourth-order valence-corrected chi connectivity index (χ4v) is 4.79. The molecule has 1 aliphatic heterocycles. The summed E-state index contributed by atoms with van der Waals surface area (Å²) >= 11 is 9.56. The van der Waals surface area contributed by atoms with E-state index < -0.39 is 5.97 Å². The predicted molar refractivity (Wildman–Crippen MR) is 88.5 cm³/mol. The van der Waals surface area contributed by atoms with Gasteiger partial charge in [0, 0.05) is 6.54 Å². The van der Waals surface area contributed by atoms with E-state index in [4.69, 9.17) is 16.7 Å². The van der Waals surface area contributed by atoms with Crippen molar-refractivity contribution in [1.29, 1.82) is 0 Å². The number of thioether (sulfide) groups is 2. The van der Waals surface area contributed by atoms with Crippen molar-refractivity contribution in [3.8, 4) is 0 Å². The summed E-state index contributed by atoms with van der Waals surface area (Å²) in [7, 11) is 0. The Bertz CT molecular complexity index is 668. The molecule has 1 fully saturated rings. The van der Waals surface area contributed by atoms with Gasteiger partial charge in [-0.15, -0.1) is 0 Å². The summed E-state index contributed by atoms with van der Waals surface area (Å²) in [4.78, 5) is 15.4. The lowest BCUT2D eigenvalue weighted by atomic mass is 10.1. The van der Waals surface area contributed by atoms with E-state index in [-0.39, 0.29) is 5.75 Å². The van der Waals surface area contributed by atoms with Crippen molar-refractivity contribution in [3.63, 3.8) is 0 Å². The Morgan fingerprint density at radius 1 is 1.57 bits per heavy atom. The molecule has 1 atom stereocenters. The van der Waals surface area contributed by atoms with Gasteiger partial charge in [0.15, 0.2) is 5.16 Å². The van der Waals surface area contributed by atoms with Crippen molar-refractivity contribution < 1.29 is 9.90 Å². The molecule has 1 saturated heterocycles. The average Bonchev–Trinajstić information content (AvgIpc) is 3.06. The summed E-state index contributed by atoms with van der Waals surface area (Å²) in [6.07, 6.45) is 1.19. The third-order valence-corrected chi connectivity index (χ3v) is 5.97. The Morgan fingerprint density at radius 3 is 3.14 bits per heavy atom. The summed E-state index contributed by atoms with van der Waals surface area (Å²) in [5.74, 6) is 2.13. The largest absolute Gasteiger partial charge is 0.481 e. The number of hydrogen-bond donors (Lipinski definition) is 1. The monoisotopic (exact) mass is 342 g/mol. The summed E-state index contributed by atoms with van der Waals surface area (Å²) in [6.45, 7) is 0.856. The van der Waals surface area contributed by atoms with Gasteiger partial charge in [-0.1, -0.05) is 29.4 Å². The minimum absolute atomic E-state index is 0.0142. The van der Waals surface area contributed by atoms with Gasteiger partial charge in [-0.2, -0.15) is 11.8 Å². The van der Waals surface area contributed by atoms with Gasteiger partial charge in [-0.25, -0.2) is 4.98 Å². The molecule has 0 spiro atoms. The van der Waals surface area contributed by atoms with Gasteiger partial charge in [-0.05, 0) is 36.0 Å². The number of halogens is 1. The van der Waals surface area contributed by atoms with Crippen LogP contribution in [0.3, 0.4) is 0 Å². The van der Waals surface area contributed by atoms with Crippen LogP contribution < -0.4 is 0 Å². The molecule has 3 rings (SSSR count). The summed E-state index contributed by atoms with van der Waals surface area (Å²) in [5.41, 5.74) is 1.75. The molecule has 112 valence electrons. The number of rotatable bonds is 5. The lowest BCUT2D eigenvalue weighted by Gasteiger charge is -2.13. The molecular formula is C14H15ClN2O2S2. The number of carboxylic acids is 1. The zero-order valence-electron chi connectivity index (χ0n) is 11.3. The van der Waals surface area contributed by atoms with Crippen LogP contribution in [0.4, 0.5) is 0 Å². The van der Waals surface area contributed by atoms with Crippen LogP contribution in [0.25, 0.3) is 11.0 Å². The fourth-order valence-electron chi connectivity index (χ4n) is 2.51. The quantitative estimate of drug-likeness (QED) is 0.841. The first-order chi connectivity index (χ1) is 10.1. The predicted octanol–water partition coefficient (Wildman–Crippen LogP) is 3.62. The Morgan fingerprint density at radius 2 is 2.43 bits per heavy atom. The highest BCUT2D eigenvalue weighted by Crippen LogP contribution is 2.32. The number of para-hydroxylation sites is 1. The number of carbonyl (C=O) groups is 1. The highest BCUT2D eigenvalue weighted by molar-refractivity contribution is 7.99. The molecule has 0 aliphatic carbocycles. The summed E-state index contributed by atoms with van der Waals surface area (Å²) in [6, 6.07) is 5.65. The molecule has 1 aromatic carbocycles. The number of aromatic nitrogens is 2. The molecule has 1 N–H and O–H groups in total. The second-order valence-corrected chi connectivity index (χ2v) is 7.52. The molecule has 1 aliphatic rings. The number of benzene rings is 1. The normalized spacial score (nSPS) is 18.4. The van der Waals surface area contributed by atoms with E-state index in [2.05, 4.69) is 9.55 Å². The summed E-state index contributed by atoms with van der Waals surface area (Å²) in [5, 5.41) is 10.3. The van der Waals surface area contributed by atoms with Gasteiger partial charge in [0.2, 0.25) is 0 Å². The van der Waals surface area contributed by atoms with Gasteiger partial charge in [0.05, 0.1) is 21.8 Å². The minimum atomic E-state index is -0.832. The zero-order chi connectivity index (χ0) is 14.8. The highest BCUT2D eigenvalue weighted by atomic mass is 35.5. The fraction of sp³-hybridized carbons (Fsp3) is 0.429. The van der Waals surface area contributed by atoms with Crippen LogP contribution in [0.1, 0.15) is 6.42 Å². The van der Waals surface area contributed by atoms with Crippen molar-refractivity contribution in [3.05, 3.63) is 23.2 Å². The van der Waals surface area contributed by atoms with Crippen molar-refractivity contribution in [2.24, 2.45) is 5.92 Å². The molecule has 0 amide bonds. The van der Waals surface area contributed by atoms with Gasteiger partial charge in [0.1, 0.15) is 0 Å². The summed E-state index contributed by atoms with van der Waals surface area (Å²) < 4.78 is 2.10. The van der Waals surface area contributed by atoms with E-state index in [1.165, 1.54) is 23.9 Å². The molecule has 4 nitrogen and oxygen atoms in total. The number of carboxylic acid groups (broad SMARTS) is 1. The van der Waals surface area contributed by atoms with E-state index in [0.29, 0.717) is 10.9 Å². The van der Waals surface area contributed by atoms with Crippen LogP contribution in [0, 0.1) is 5.92 Å². The number of aliphatic carboxylic acids is 1. The van der Waals surface area contributed by atoms with Gasteiger partial charge < -0.3 is 9.67 Å².